The number of rotatable bonds is 9. The number of pyridine rings is 1. The van der Waals surface area contributed by atoms with E-state index < -0.39 is 0 Å². The lowest BCUT2D eigenvalue weighted by molar-refractivity contribution is 0.0930. The van der Waals surface area contributed by atoms with Crippen LogP contribution in [0.3, 0.4) is 0 Å². The Morgan fingerprint density at radius 3 is 2.75 bits per heavy atom. The second kappa shape index (κ2) is 11.5. The molecule has 0 aliphatic heterocycles. The van der Waals surface area contributed by atoms with Gasteiger partial charge in [0.1, 0.15) is 16.5 Å². The zero-order chi connectivity index (χ0) is 25.8. The maximum Gasteiger partial charge on any atom is 0.251 e. The second-order valence-electron chi connectivity index (χ2n) is 9.35. The van der Waals surface area contributed by atoms with Gasteiger partial charge in [-0.15, -0.1) is 0 Å². The monoisotopic (exact) mass is 527 g/mol. The van der Waals surface area contributed by atoms with E-state index in [0.717, 1.165) is 28.9 Å². The number of nitrogens with zero attached hydrogens (tertiary/aromatic N) is 2. The maximum absolute atomic E-state index is 12.9. The average Bonchev–Trinajstić information content (AvgIpc) is 3.18. The molecule has 1 aromatic carbocycles. The van der Waals surface area contributed by atoms with Crippen LogP contribution in [0.1, 0.15) is 60.6 Å². The molecule has 1 amide bonds. The molecule has 2 atom stereocenters. The lowest BCUT2D eigenvalue weighted by atomic mass is 9.91. The molecular weight excluding hydrogens is 497 g/mol. The van der Waals surface area contributed by atoms with E-state index in [1.165, 1.54) is 0 Å². The van der Waals surface area contributed by atoms with Crippen molar-refractivity contribution >= 4 is 34.8 Å². The van der Waals surface area contributed by atoms with Crippen LogP contribution in [0.2, 0.25) is 10.2 Å². The summed E-state index contributed by atoms with van der Waals surface area (Å²) < 4.78 is 7.56. The number of aryl methyl sites for hydroxylation is 1. The Bertz CT molecular complexity index is 1310. The van der Waals surface area contributed by atoms with Gasteiger partial charge in [-0.3, -0.25) is 9.20 Å². The first-order valence-electron chi connectivity index (χ1n) is 12.1. The van der Waals surface area contributed by atoms with Gasteiger partial charge in [-0.25, -0.2) is 4.98 Å². The van der Waals surface area contributed by atoms with E-state index in [9.17, 15) is 9.90 Å². The van der Waals surface area contributed by atoms with Gasteiger partial charge < -0.3 is 15.2 Å². The van der Waals surface area contributed by atoms with Crippen molar-refractivity contribution in [1.29, 1.82) is 0 Å². The first kappa shape index (κ1) is 26.3. The van der Waals surface area contributed by atoms with E-state index in [1.54, 1.807) is 18.2 Å². The number of carbonyl (C=O) groups is 1. The Morgan fingerprint density at radius 2 is 2.11 bits per heavy atom. The summed E-state index contributed by atoms with van der Waals surface area (Å²) in [7, 11) is 0. The maximum atomic E-state index is 12.9. The van der Waals surface area contributed by atoms with Crippen molar-refractivity contribution in [3.8, 4) is 5.75 Å². The summed E-state index contributed by atoms with van der Waals surface area (Å²) >= 11 is 12.9. The second-order valence-corrected chi connectivity index (χ2v) is 10.1. The van der Waals surface area contributed by atoms with Crippen LogP contribution in [0.5, 0.6) is 5.75 Å². The highest BCUT2D eigenvalue weighted by Gasteiger charge is 2.22. The van der Waals surface area contributed by atoms with Gasteiger partial charge in [-0.05, 0) is 69.9 Å². The first-order chi connectivity index (χ1) is 17.3. The highest BCUT2D eigenvalue weighted by molar-refractivity contribution is 6.32. The molecule has 2 heterocycles. The third-order valence-corrected chi connectivity index (χ3v) is 6.86. The van der Waals surface area contributed by atoms with E-state index in [2.05, 4.69) is 23.5 Å². The number of ether oxygens (including phenoxy) is 1. The molecule has 2 aromatic heterocycles. The number of carbonyl (C=O) groups excluding carboxylic acids is 1. The number of benzene rings is 1. The number of aliphatic hydroxyl groups excluding tert-OH is 1. The van der Waals surface area contributed by atoms with Crippen molar-refractivity contribution in [3.63, 3.8) is 0 Å². The first-order valence-corrected chi connectivity index (χ1v) is 12.9. The molecule has 2 unspecified atom stereocenters. The summed E-state index contributed by atoms with van der Waals surface area (Å²) in [6.45, 7) is 5.83. The molecule has 4 rings (SSSR count). The van der Waals surface area contributed by atoms with Gasteiger partial charge in [-0.2, -0.15) is 0 Å². The molecular formula is C28H31Cl2N3O3. The summed E-state index contributed by atoms with van der Waals surface area (Å²) in [4.78, 5) is 17.7. The molecule has 3 aromatic rings. The molecule has 1 aliphatic rings. The van der Waals surface area contributed by atoms with Crippen LogP contribution >= 0.6 is 23.2 Å². The minimum absolute atomic E-state index is 0.0135. The van der Waals surface area contributed by atoms with Crippen molar-refractivity contribution in [2.24, 2.45) is 0 Å². The molecule has 190 valence electrons. The molecule has 1 aliphatic carbocycles. The summed E-state index contributed by atoms with van der Waals surface area (Å²) in [5.41, 5.74) is 4.35. The van der Waals surface area contributed by atoms with E-state index in [1.807, 2.05) is 43.5 Å². The Labute approximate surface area is 221 Å². The third-order valence-electron chi connectivity index (χ3n) is 6.19. The average molecular weight is 528 g/mol. The fourth-order valence-electron chi connectivity index (χ4n) is 4.37. The summed E-state index contributed by atoms with van der Waals surface area (Å²) in [5, 5.41) is 13.6. The van der Waals surface area contributed by atoms with Crippen molar-refractivity contribution < 1.29 is 14.6 Å². The lowest BCUT2D eigenvalue weighted by Gasteiger charge is -2.21. The molecule has 0 spiro atoms. The smallest absolute Gasteiger partial charge is 0.251 e. The van der Waals surface area contributed by atoms with Crippen LogP contribution < -0.4 is 10.1 Å². The molecule has 0 radical (unpaired) electrons. The van der Waals surface area contributed by atoms with Gasteiger partial charge in [0.2, 0.25) is 0 Å². The van der Waals surface area contributed by atoms with Crippen molar-refractivity contribution in [3.05, 3.63) is 87.3 Å². The number of hydrogen-bond donors (Lipinski definition) is 2. The Hall–Kier alpha value is -2.80. The molecule has 2 N–H and O–H groups in total. The van der Waals surface area contributed by atoms with Crippen LogP contribution in [0.15, 0.2) is 60.3 Å². The molecule has 8 heteroatoms. The van der Waals surface area contributed by atoms with E-state index in [-0.39, 0.29) is 30.6 Å². The highest BCUT2D eigenvalue weighted by atomic mass is 35.5. The number of imidazole rings is 1. The van der Waals surface area contributed by atoms with Crippen LogP contribution in [0.4, 0.5) is 0 Å². The fraction of sp³-hybridized carbons (Fsp3) is 0.357. The number of amides is 1. The van der Waals surface area contributed by atoms with Crippen LogP contribution in [0.25, 0.3) is 5.65 Å². The number of fused-ring (bicyclic) bond motifs is 1. The van der Waals surface area contributed by atoms with E-state index >= 15 is 0 Å². The topological polar surface area (TPSA) is 75.9 Å². The minimum atomic E-state index is -0.239. The lowest BCUT2D eigenvalue weighted by Crippen LogP contribution is -2.36. The fourth-order valence-corrected chi connectivity index (χ4v) is 4.92. The largest absolute Gasteiger partial charge is 0.489 e. The van der Waals surface area contributed by atoms with Gasteiger partial charge in [0.15, 0.2) is 0 Å². The zero-order valence-electron chi connectivity index (χ0n) is 20.7. The van der Waals surface area contributed by atoms with Crippen molar-refractivity contribution in [2.45, 2.75) is 58.1 Å². The predicted molar refractivity (Wildman–Crippen MR) is 144 cm³/mol. The third kappa shape index (κ3) is 5.94. The van der Waals surface area contributed by atoms with Gasteiger partial charge >= 0.3 is 0 Å². The molecule has 0 bridgehead atoms. The van der Waals surface area contributed by atoms with Crippen LogP contribution in [-0.4, -0.2) is 39.2 Å². The molecule has 6 nitrogen and oxygen atoms in total. The zero-order valence-corrected chi connectivity index (χ0v) is 22.2. The van der Waals surface area contributed by atoms with Gasteiger partial charge in [0.05, 0.1) is 16.8 Å². The Morgan fingerprint density at radius 1 is 1.31 bits per heavy atom. The van der Waals surface area contributed by atoms with E-state index in [4.69, 9.17) is 32.9 Å². The number of aromatic nitrogens is 2. The predicted octanol–water partition coefficient (Wildman–Crippen LogP) is 6.28. The van der Waals surface area contributed by atoms with Gasteiger partial charge in [-0.1, -0.05) is 53.1 Å². The summed E-state index contributed by atoms with van der Waals surface area (Å²) in [5.74, 6) is 0.389. The Balaban J connectivity index is 1.41. The minimum Gasteiger partial charge on any atom is -0.489 e. The molecule has 0 saturated heterocycles. The van der Waals surface area contributed by atoms with E-state index in [0.29, 0.717) is 34.3 Å². The summed E-state index contributed by atoms with van der Waals surface area (Å²) in [6.07, 6.45) is 10.1. The SMILES string of the molecule is Cc1cccn2c(Cl)c(C3C=CC(CC(CCO)NC(=O)c4ccc(OC(C)C)c(Cl)c4)=CC3)nc12. The van der Waals surface area contributed by atoms with Gasteiger partial charge in [0.25, 0.3) is 5.91 Å². The quantitative estimate of drug-likeness (QED) is 0.343. The number of hydrogen-bond acceptors (Lipinski definition) is 4. The van der Waals surface area contributed by atoms with Crippen LogP contribution in [0, 0.1) is 6.92 Å². The number of nitrogens with one attached hydrogen (secondary N) is 1. The molecule has 0 saturated carbocycles. The normalized spacial score (nSPS) is 16.3. The van der Waals surface area contributed by atoms with Crippen LogP contribution in [-0.2, 0) is 0 Å². The standard InChI is InChI=1S/C28H31Cl2N3O3/c1-17(2)36-24-11-10-21(16-23(24)29)28(35)31-22(12-14-34)15-19-6-8-20(9-7-19)25-26(30)33-13-4-5-18(3)27(33)32-25/h4-8,10-11,13,16-17,20,22,34H,9,12,14-15H2,1-3H3,(H,31,35). The summed E-state index contributed by atoms with van der Waals surface area (Å²) in [6, 6.07) is 8.77. The molecule has 0 fully saturated rings. The highest BCUT2D eigenvalue weighted by Crippen LogP contribution is 2.33. The van der Waals surface area contributed by atoms with Crippen molar-refractivity contribution in [2.75, 3.05) is 6.61 Å². The number of allylic oxidation sites excluding steroid dienone is 3. The molecule has 36 heavy (non-hydrogen) atoms. The van der Waals surface area contributed by atoms with Crippen molar-refractivity contribution in [1.82, 2.24) is 14.7 Å². The van der Waals surface area contributed by atoms with Gasteiger partial charge in [0, 0.05) is 30.3 Å². The number of aliphatic hydroxyl groups is 1. The Kier molecular flexibility index (Phi) is 8.39. The number of halogens is 2.